The quantitative estimate of drug-likeness (QED) is 0.541. The molecule has 1 aromatic heterocycles. The van der Waals surface area contributed by atoms with Crippen molar-refractivity contribution in [2.45, 2.75) is 15.0 Å². The normalized spacial score (nSPS) is 13.4. The lowest BCUT2D eigenvalue weighted by Gasteiger charge is -2.17. The molecule has 28 heavy (non-hydrogen) atoms. The molecule has 10 heteroatoms. The zero-order valence-electron chi connectivity index (χ0n) is 14.2. The molecule has 0 fully saturated rings. The third-order valence-corrected chi connectivity index (χ3v) is 8.89. The van der Waals surface area contributed by atoms with Crippen LogP contribution >= 0.6 is 22.9 Å². The molecule has 148 valence electrons. The maximum absolute atomic E-state index is 13.2. The van der Waals surface area contributed by atoms with Crippen molar-refractivity contribution < 1.29 is 21.2 Å². The molecule has 0 aliphatic heterocycles. The highest BCUT2D eigenvalue weighted by molar-refractivity contribution is 7.92. The molecule has 3 rings (SSSR count). The van der Waals surface area contributed by atoms with E-state index in [0.29, 0.717) is 9.90 Å². The summed E-state index contributed by atoms with van der Waals surface area (Å²) in [5.41, 5.74) is 0. The van der Waals surface area contributed by atoms with E-state index >= 15 is 0 Å². The van der Waals surface area contributed by atoms with E-state index in [-0.39, 0.29) is 16.3 Å². The number of hydrogen-bond acceptors (Lipinski definition) is 5. The van der Waals surface area contributed by atoms with Crippen molar-refractivity contribution in [2.24, 2.45) is 0 Å². The Balaban J connectivity index is 1.91. The maximum atomic E-state index is 13.2. The molecule has 0 bridgehead atoms. The highest BCUT2D eigenvalue weighted by Crippen LogP contribution is 2.32. The van der Waals surface area contributed by atoms with Gasteiger partial charge in [0, 0.05) is 16.4 Å². The number of halogens is 2. The van der Waals surface area contributed by atoms with E-state index in [9.17, 15) is 21.2 Å². The van der Waals surface area contributed by atoms with E-state index in [0.717, 1.165) is 12.1 Å². The first kappa shape index (κ1) is 20.9. The lowest BCUT2D eigenvalue weighted by molar-refractivity contribution is 0.569. The van der Waals surface area contributed by atoms with Crippen LogP contribution in [0.15, 0.2) is 75.8 Å². The summed E-state index contributed by atoms with van der Waals surface area (Å²) in [6, 6.07) is 13.3. The Morgan fingerprint density at radius 3 is 2.11 bits per heavy atom. The molecule has 5 nitrogen and oxygen atoms in total. The summed E-state index contributed by atoms with van der Waals surface area (Å²) in [6.45, 7) is -0.370. The first-order valence-corrected chi connectivity index (χ1v) is 12.3. The van der Waals surface area contributed by atoms with Gasteiger partial charge in [0.1, 0.15) is 11.1 Å². The molecule has 0 saturated carbocycles. The van der Waals surface area contributed by atoms with Crippen LogP contribution in [0.3, 0.4) is 0 Å². The summed E-state index contributed by atoms with van der Waals surface area (Å²) in [5.74, 6) is -0.560. The number of sulfonamides is 1. The van der Waals surface area contributed by atoms with Gasteiger partial charge in [0.15, 0.2) is 9.84 Å². The van der Waals surface area contributed by atoms with E-state index in [1.165, 1.54) is 47.7 Å². The summed E-state index contributed by atoms with van der Waals surface area (Å²) < 4.78 is 66.7. The van der Waals surface area contributed by atoms with E-state index in [1.807, 2.05) is 0 Å². The molecular formula is C18H15ClFNO4S3. The Kier molecular flexibility index (Phi) is 6.21. The SMILES string of the molecule is O=S(=O)(NC[C@@H](c1cccs1)S(=O)(=O)c1ccc(F)cc1)c1ccc(Cl)cc1. The largest absolute Gasteiger partial charge is 0.240 e. The third kappa shape index (κ3) is 4.61. The Morgan fingerprint density at radius 1 is 0.929 bits per heavy atom. The molecule has 1 atom stereocenters. The smallest absolute Gasteiger partial charge is 0.223 e. The monoisotopic (exact) mass is 459 g/mol. The van der Waals surface area contributed by atoms with Crippen LogP contribution in [-0.4, -0.2) is 23.4 Å². The number of nitrogens with one attached hydrogen (secondary N) is 1. The average molecular weight is 460 g/mol. The molecule has 0 amide bonds. The van der Waals surface area contributed by atoms with Crippen molar-refractivity contribution in [3.8, 4) is 0 Å². The topological polar surface area (TPSA) is 80.3 Å². The van der Waals surface area contributed by atoms with Crippen LogP contribution in [0.2, 0.25) is 5.02 Å². The van der Waals surface area contributed by atoms with Gasteiger partial charge in [-0.3, -0.25) is 0 Å². The van der Waals surface area contributed by atoms with Gasteiger partial charge in [-0.25, -0.2) is 25.9 Å². The van der Waals surface area contributed by atoms with Crippen LogP contribution in [0.1, 0.15) is 10.1 Å². The molecule has 3 aromatic rings. The Labute approximate surface area is 171 Å². The van der Waals surface area contributed by atoms with Gasteiger partial charge >= 0.3 is 0 Å². The zero-order chi connectivity index (χ0) is 20.4. The minimum atomic E-state index is -3.96. The lowest BCUT2D eigenvalue weighted by atomic mass is 10.3. The van der Waals surface area contributed by atoms with Gasteiger partial charge in [-0.05, 0) is 60.0 Å². The van der Waals surface area contributed by atoms with Gasteiger partial charge in [-0.2, -0.15) is 0 Å². The molecule has 1 N–H and O–H groups in total. The molecule has 0 aliphatic rings. The molecular weight excluding hydrogens is 445 g/mol. The summed E-state index contributed by atoms with van der Waals surface area (Å²) >= 11 is 6.97. The maximum Gasteiger partial charge on any atom is 0.240 e. The summed E-state index contributed by atoms with van der Waals surface area (Å²) in [4.78, 5) is 0.363. The van der Waals surface area contributed by atoms with Crippen LogP contribution in [0.4, 0.5) is 4.39 Å². The second-order valence-electron chi connectivity index (χ2n) is 5.81. The molecule has 0 radical (unpaired) electrons. The van der Waals surface area contributed by atoms with Crippen molar-refractivity contribution in [3.05, 3.63) is 81.8 Å². The summed E-state index contributed by atoms with van der Waals surface area (Å²) in [5, 5.41) is 0.935. The number of rotatable bonds is 7. The summed E-state index contributed by atoms with van der Waals surface area (Å²) in [6.07, 6.45) is 0. The Hall–Kier alpha value is -1.78. The third-order valence-electron chi connectivity index (χ3n) is 3.96. The van der Waals surface area contributed by atoms with Crippen LogP contribution in [0, 0.1) is 5.82 Å². The number of thiophene rings is 1. The molecule has 0 aliphatic carbocycles. The first-order chi connectivity index (χ1) is 13.2. The molecule has 1 heterocycles. The van der Waals surface area contributed by atoms with Gasteiger partial charge in [0.05, 0.1) is 9.79 Å². The van der Waals surface area contributed by atoms with Crippen molar-refractivity contribution >= 4 is 42.8 Å². The van der Waals surface area contributed by atoms with Crippen molar-refractivity contribution in [3.63, 3.8) is 0 Å². The predicted octanol–water partition coefficient (Wildman–Crippen LogP) is 4.03. The average Bonchev–Trinajstić information content (AvgIpc) is 3.16. The van der Waals surface area contributed by atoms with Crippen molar-refractivity contribution in [1.82, 2.24) is 4.72 Å². The standard InChI is InChI=1S/C18H15ClFNO4S3/c19-13-3-7-16(8-4-13)28(24,25)21-12-18(17-2-1-11-26-17)27(22,23)15-9-5-14(20)6-10-15/h1-11,18,21H,12H2/t18-/m0/s1. The molecule has 0 saturated heterocycles. The van der Waals surface area contributed by atoms with Crippen LogP contribution in [0.5, 0.6) is 0 Å². The minimum Gasteiger partial charge on any atom is -0.223 e. The van der Waals surface area contributed by atoms with Crippen LogP contribution < -0.4 is 4.72 Å². The number of hydrogen-bond donors (Lipinski definition) is 1. The zero-order valence-corrected chi connectivity index (χ0v) is 17.5. The molecule has 0 unspecified atom stereocenters. The van der Waals surface area contributed by atoms with E-state index in [1.54, 1.807) is 17.5 Å². The Morgan fingerprint density at radius 2 is 1.54 bits per heavy atom. The highest BCUT2D eigenvalue weighted by Gasteiger charge is 2.31. The highest BCUT2D eigenvalue weighted by atomic mass is 35.5. The fourth-order valence-corrected chi connectivity index (χ4v) is 6.57. The fourth-order valence-electron chi connectivity index (χ4n) is 2.51. The second kappa shape index (κ2) is 8.30. The number of benzene rings is 2. The molecule has 2 aromatic carbocycles. The van der Waals surface area contributed by atoms with Crippen LogP contribution in [0.25, 0.3) is 0 Å². The van der Waals surface area contributed by atoms with E-state index in [4.69, 9.17) is 11.6 Å². The van der Waals surface area contributed by atoms with Gasteiger partial charge in [0.2, 0.25) is 10.0 Å². The lowest BCUT2D eigenvalue weighted by Crippen LogP contribution is -2.31. The van der Waals surface area contributed by atoms with Gasteiger partial charge in [-0.1, -0.05) is 17.7 Å². The van der Waals surface area contributed by atoms with Gasteiger partial charge < -0.3 is 0 Å². The van der Waals surface area contributed by atoms with Crippen molar-refractivity contribution in [2.75, 3.05) is 6.54 Å². The predicted molar refractivity (Wildman–Crippen MR) is 107 cm³/mol. The summed E-state index contributed by atoms with van der Waals surface area (Å²) in [7, 11) is -7.90. The van der Waals surface area contributed by atoms with Crippen LogP contribution in [-0.2, 0) is 19.9 Å². The van der Waals surface area contributed by atoms with Gasteiger partial charge in [-0.15, -0.1) is 11.3 Å². The second-order valence-corrected chi connectivity index (χ2v) is 11.1. The first-order valence-electron chi connectivity index (χ1n) is 7.98. The van der Waals surface area contributed by atoms with E-state index < -0.39 is 30.9 Å². The Bertz CT molecular complexity index is 1140. The van der Waals surface area contributed by atoms with E-state index in [2.05, 4.69) is 4.72 Å². The number of sulfone groups is 1. The fraction of sp³-hybridized carbons (Fsp3) is 0.111. The minimum absolute atomic E-state index is 0.0268. The molecule has 0 spiro atoms. The van der Waals surface area contributed by atoms with Crippen molar-refractivity contribution in [1.29, 1.82) is 0 Å². The van der Waals surface area contributed by atoms with Gasteiger partial charge in [0.25, 0.3) is 0 Å².